The Balaban J connectivity index is 1.90. The van der Waals surface area contributed by atoms with Crippen LogP contribution in [0, 0.1) is 0 Å². The van der Waals surface area contributed by atoms with E-state index in [4.69, 9.17) is 0 Å². The Morgan fingerprint density at radius 2 is 1.95 bits per heavy atom. The van der Waals surface area contributed by atoms with Crippen LogP contribution in [-0.4, -0.2) is 12.3 Å². The van der Waals surface area contributed by atoms with Gasteiger partial charge < -0.3 is 5.32 Å². The average molecular weight is 269 g/mol. The molecule has 0 amide bonds. The van der Waals surface area contributed by atoms with Gasteiger partial charge in [0, 0.05) is 12.1 Å². The quantitative estimate of drug-likeness (QED) is 0.827. The normalized spacial score (nSPS) is 22.1. The maximum Gasteiger partial charge on any atom is 0.188 e. The van der Waals surface area contributed by atoms with Gasteiger partial charge in [0.15, 0.2) is 5.78 Å². The number of ketones is 1. The summed E-state index contributed by atoms with van der Waals surface area (Å²) < 4.78 is 0. The molecule has 106 valence electrons. The summed E-state index contributed by atoms with van der Waals surface area (Å²) in [7, 11) is 0. The zero-order valence-electron chi connectivity index (χ0n) is 12.1. The lowest BCUT2D eigenvalue weighted by Crippen LogP contribution is -2.25. The number of rotatable bonds is 2. The fourth-order valence-corrected chi connectivity index (χ4v) is 3.32. The molecule has 1 N–H and O–H groups in total. The monoisotopic (exact) mass is 269 g/mol. The molecule has 0 bridgehead atoms. The summed E-state index contributed by atoms with van der Waals surface area (Å²) in [4.78, 5) is 12.8. The summed E-state index contributed by atoms with van der Waals surface area (Å²) in [6.07, 6.45) is 10.2. The number of benzene rings is 1. The summed E-state index contributed by atoms with van der Waals surface area (Å²) in [5.74, 6) is 0.283. The van der Waals surface area contributed by atoms with Crippen molar-refractivity contribution in [2.75, 3.05) is 6.54 Å². The predicted molar refractivity (Wildman–Crippen MR) is 82.0 cm³/mol. The van der Waals surface area contributed by atoms with Crippen LogP contribution in [-0.2, 0) is 13.0 Å². The van der Waals surface area contributed by atoms with Gasteiger partial charge in [0.2, 0.25) is 0 Å². The van der Waals surface area contributed by atoms with Crippen molar-refractivity contribution in [3.8, 4) is 0 Å². The molecule has 0 radical (unpaired) electrons. The van der Waals surface area contributed by atoms with Crippen LogP contribution < -0.4 is 5.32 Å². The Hall–Kier alpha value is -1.41. The molecule has 0 unspecified atom stereocenters. The van der Waals surface area contributed by atoms with Crippen LogP contribution in [0.1, 0.15) is 60.0 Å². The van der Waals surface area contributed by atoms with E-state index in [1.54, 1.807) is 0 Å². The molecule has 1 heterocycles. The second kappa shape index (κ2) is 6.36. The lowest BCUT2D eigenvalue weighted by atomic mass is 9.88. The first-order valence-electron chi connectivity index (χ1n) is 7.91. The Kier molecular flexibility index (Phi) is 4.31. The summed E-state index contributed by atoms with van der Waals surface area (Å²) >= 11 is 0. The highest BCUT2D eigenvalue weighted by Gasteiger charge is 2.20. The van der Waals surface area contributed by atoms with Crippen LogP contribution in [0.2, 0.25) is 0 Å². The maximum atomic E-state index is 12.8. The van der Waals surface area contributed by atoms with E-state index in [1.165, 1.54) is 30.4 Å². The number of hydrogen-bond donors (Lipinski definition) is 1. The number of Topliss-reactive ketones (excluding diaryl/α,β-unsaturated/α-hetero) is 1. The third-order valence-electron chi connectivity index (χ3n) is 4.47. The van der Waals surface area contributed by atoms with Crippen LogP contribution >= 0.6 is 0 Å². The number of nitrogens with one attached hydrogen (secondary N) is 1. The smallest absolute Gasteiger partial charge is 0.188 e. The van der Waals surface area contributed by atoms with Gasteiger partial charge in [0.05, 0.1) is 0 Å². The zero-order valence-corrected chi connectivity index (χ0v) is 12.1. The van der Waals surface area contributed by atoms with E-state index in [0.717, 1.165) is 49.9 Å². The third kappa shape index (κ3) is 2.85. The Labute approximate surface area is 121 Å². The van der Waals surface area contributed by atoms with Gasteiger partial charge in [-0.3, -0.25) is 4.79 Å². The second-order valence-electron chi connectivity index (χ2n) is 5.88. The van der Waals surface area contributed by atoms with Crippen LogP contribution in [0.4, 0.5) is 0 Å². The SMILES string of the molecule is O=C(/C1=C/CCCCCC1)c1cccc2c1CCNC2. The Bertz CT molecular complexity index is 530. The highest BCUT2D eigenvalue weighted by Crippen LogP contribution is 2.25. The summed E-state index contributed by atoms with van der Waals surface area (Å²) in [5.41, 5.74) is 4.58. The molecule has 0 aromatic heterocycles. The number of allylic oxidation sites excluding steroid dienone is 2. The molecule has 2 aliphatic rings. The lowest BCUT2D eigenvalue weighted by molar-refractivity contribution is 0.102. The van der Waals surface area contributed by atoms with Crippen LogP contribution in [0.15, 0.2) is 29.8 Å². The Morgan fingerprint density at radius 3 is 2.90 bits per heavy atom. The van der Waals surface area contributed by atoms with Crippen molar-refractivity contribution >= 4 is 5.78 Å². The van der Waals surface area contributed by atoms with E-state index in [0.29, 0.717) is 0 Å². The van der Waals surface area contributed by atoms with Crippen molar-refractivity contribution in [1.29, 1.82) is 0 Å². The van der Waals surface area contributed by atoms with Gasteiger partial charge in [0.1, 0.15) is 0 Å². The van der Waals surface area contributed by atoms with Crippen molar-refractivity contribution in [3.05, 3.63) is 46.5 Å². The highest BCUT2D eigenvalue weighted by atomic mass is 16.1. The molecule has 1 aliphatic carbocycles. The van der Waals surface area contributed by atoms with Gasteiger partial charge in [-0.2, -0.15) is 0 Å². The van der Waals surface area contributed by atoms with Gasteiger partial charge in [-0.15, -0.1) is 0 Å². The molecule has 20 heavy (non-hydrogen) atoms. The van der Waals surface area contributed by atoms with Crippen LogP contribution in [0.3, 0.4) is 0 Å². The van der Waals surface area contributed by atoms with Crippen molar-refractivity contribution in [2.45, 2.75) is 51.5 Å². The number of hydrogen-bond acceptors (Lipinski definition) is 2. The molecular weight excluding hydrogens is 246 g/mol. The molecule has 0 atom stereocenters. The fraction of sp³-hybridized carbons (Fsp3) is 0.500. The molecule has 2 heteroatoms. The van der Waals surface area contributed by atoms with Crippen molar-refractivity contribution < 1.29 is 4.79 Å². The van der Waals surface area contributed by atoms with E-state index in [2.05, 4.69) is 17.5 Å². The molecule has 0 saturated heterocycles. The number of fused-ring (bicyclic) bond motifs is 1. The molecule has 0 spiro atoms. The first kappa shape index (κ1) is 13.6. The van der Waals surface area contributed by atoms with Crippen LogP contribution in [0.5, 0.6) is 0 Å². The minimum Gasteiger partial charge on any atom is -0.312 e. The minimum absolute atomic E-state index is 0.283. The summed E-state index contributed by atoms with van der Waals surface area (Å²) in [5, 5.41) is 3.38. The van der Waals surface area contributed by atoms with Gasteiger partial charge >= 0.3 is 0 Å². The first-order valence-corrected chi connectivity index (χ1v) is 7.91. The second-order valence-corrected chi connectivity index (χ2v) is 5.88. The topological polar surface area (TPSA) is 29.1 Å². The molecule has 2 nitrogen and oxygen atoms in total. The molecule has 1 aromatic carbocycles. The highest BCUT2D eigenvalue weighted by molar-refractivity contribution is 6.09. The number of carbonyl (C=O) groups excluding carboxylic acids is 1. The van der Waals surface area contributed by atoms with Crippen molar-refractivity contribution in [3.63, 3.8) is 0 Å². The molecular formula is C18H23NO. The predicted octanol–water partition coefficient (Wildman–Crippen LogP) is 3.80. The van der Waals surface area contributed by atoms with E-state index in [-0.39, 0.29) is 5.78 Å². The standard InChI is InChI=1S/C18H23NO/c20-18(14-7-4-2-1-3-5-8-14)17-10-6-9-15-13-19-12-11-16(15)17/h6-7,9-10,19H,1-5,8,11-13H2/b14-7+. The first-order chi connectivity index (χ1) is 9.86. The Morgan fingerprint density at radius 1 is 1.05 bits per heavy atom. The largest absolute Gasteiger partial charge is 0.312 e. The fourth-order valence-electron chi connectivity index (χ4n) is 3.32. The van der Waals surface area contributed by atoms with Crippen molar-refractivity contribution in [1.82, 2.24) is 5.32 Å². The zero-order chi connectivity index (χ0) is 13.8. The van der Waals surface area contributed by atoms with Gasteiger partial charge in [-0.05, 0) is 55.3 Å². The van der Waals surface area contributed by atoms with E-state index in [9.17, 15) is 4.79 Å². The van der Waals surface area contributed by atoms with Crippen LogP contribution in [0.25, 0.3) is 0 Å². The van der Waals surface area contributed by atoms with Gasteiger partial charge in [-0.1, -0.05) is 37.1 Å². The average Bonchev–Trinajstić information content (AvgIpc) is 2.46. The summed E-state index contributed by atoms with van der Waals surface area (Å²) in [6.45, 7) is 1.88. The van der Waals surface area contributed by atoms with Crippen molar-refractivity contribution in [2.24, 2.45) is 0 Å². The summed E-state index contributed by atoms with van der Waals surface area (Å²) in [6, 6.07) is 6.19. The molecule has 1 aliphatic heterocycles. The maximum absolute atomic E-state index is 12.8. The number of carbonyl (C=O) groups is 1. The minimum atomic E-state index is 0.283. The molecule has 1 aromatic rings. The third-order valence-corrected chi connectivity index (χ3v) is 4.47. The van der Waals surface area contributed by atoms with E-state index < -0.39 is 0 Å². The van der Waals surface area contributed by atoms with E-state index >= 15 is 0 Å². The molecule has 0 saturated carbocycles. The molecule has 0 fully saturated rings. The van der Waals surface area contributed by atoms with Gasteiger partial charge in [0.25, 0.3) is 0 Å². The van der Waals surface area contributed by atoms with E-state index in [1.807, 2.05) is 12.1 Å². The lowest BCUT2D eigenvalue weighted by Gasteiger charge is -2.20. The molecule has 3 rings (SSSR count). The van der Waals surface area contributed by atoms with Gasteiger partial charge in [-0.25, -0.2) is 0 Å².